The highest BCUT2D eigenvalue weighted by atomic mass is 127. The van der Waals surface area contributed by atoms with Crippen molar-refractivity contribution in [3.8, 4) is 0 Å². The number of aliphatic hydroxyl groups excluding tert-OH is 4. The van der Waals surface area contributed by atoms with Crippen LogP contribution in [0.15, 0.2) is 0 Å². The third kappa shape index (κ3) is 8.00. The molecule has 0 aliphatic heterocycles. The lowest BCUT2D eigenvalue weighted by Crippen LogP contribution is -2.36. The quantitative estimate of drug-likeness (QED) is 0.135. The molecule has 32 heavy (non-hydrogen) atoms. The summed E-state index contributed by atoms with van der Waals surface area (Å²) in [6, 6.07) is 0. The van der Waals surface area contributed by atoms with Gasteiger partial charge in [-0.25, -0.2) is 4.42 Å². The van der Waals surface area contributed by atoms with Crippen LogP contribution in [0, 0.1) is 10.7 Å². The van der Waals surface area contributed by atoms with Crippen LogP contribution in [0.2, 0.25) is 0 Å². The Morgan fingerprint density at radius 3 is 2.12 bits per heavy atom. The number of aliphatic hydroxyl groups is 4. The number of amides is 3. The van der Waals surface area contributed by atoms with Crippen LogP contribution in [0.4, 0.5) is 5.69 Å². The molecule has 180 valence electrons. The van der Waals surface area contributed by atoms with Gasteiger partial charge in [0, 0.05) is 29.0 Å². The second-order valence-corrected chi connectivity index (χ2v) is 9.93. The van der Waals surface area contributed by atoms with E-state index in [4.69, 9.17) is 26.7 Å². The first-order chi connectivity index (χ1) is 15.0. The highest BCUT2D eigenvalue weighted by Crippen LogP contribution is 2.36. The van der Waals surface area contributed by atoms with Gasteiger partial charge in [-0.05, 0) is 67.8 Å². The number of methoxy groups -OCH3 is 1. The summed E-state index contributed by atoms with van der Waals surface area (Å²) in [5.74, 6) is -1.95. The largest absolute Gasteiger partial charge is 0.394 e. The summed E-state index contributed by atoms with van der Waals surface area (Å²) in [5, 5.41) is 42.2. The molecular formula is C17H21ClI3N3O8. The summed E-state index contributed by atoms with van der Waals surface area (Å²) in [6.45, 7) is -2.07. The Labute approximate surface area is 229 Å². The van der Waals surface area contributed by atoms with E-state index in [1.54, 1.807) is 22.6 Å². The predicted molar refractivity (Wildman–Crippen MR) is 141 cm³/mol. The number of hydrogen-bond acceptors (Lipinski definition) is 8. The lowest BCUT2D eigenvalue weighted by Gasteiger charge is -2.22. The summed E-state index contributed by atoms with van der Waals surface area (Å²) >= 11 is 11.5. The van der Waals surface area contributed by atoms with Crippen LogP contribution in [0.5, 0.6) is 0 Å². The highest BCUT2D eigenvalue weighted by molar-refractivity contribution is 14.1. The normalized spacial score (nSPS) is 12.8. The van der Waals surface area contributed by atoms with Crippen LogP contribution in [-0.2, 0) is 9.53 Å². The number of anilines is 1. The summed E-state index contributed by atoms with van der Waals surface area (Å²) in [4.78, 5) is 38.1. The van der Waals surface area contributed by atoms with Gasteiger partial charge in [0.05, 0.1) is 55.9 Å². The number of ether oxygens (including phenoxy) is 1. The molecule has 0 aliphatic rings. The van der Waals surface area contributed by atoms with E-state index in [-0.39, 0.29) is 40.1 Å². The van der Waals surface area contributed by atoms with Crippen molar-refractivity contribution in [2.75, 3.05) is 45.3 Å². The zero-order chi connectivity index (χ0) is 24.6. The monoisotopic (exact) mass is 811 g/mol. The van der Waals surface area contributed by atoms with Crippen LogP contribution in [0.3, 0.4) is 0 Å². The molecule has 2 atom stereocenters. The van der Waals surface area contributed by atoms with Gasteiger partial charge < -0.3 is 35.8 Å². The van der Waals surface area contributed by atoms with E-state index in [1.165, 1.54) is 7.11 Å². The van der Waals surface area contributed by atoms with Gasteiger partial charge in [0.1, 0.15) is 6.61 Å². The van der Waals surface area contributed by atoms with Crippen molar-refractivity contribution < 1.29 is 39.5 Å². The van der Waals surface area contributed by atoms with Crippen LogP contribution in [0.1, 0.15) is 20.7 Å². The van der Waals surface area contributed by atoms with Crippen LogP contribution < -0.4 is 10.6 Å². The van der Waals surface area contributed by atoms with Gasteiger partial charge in [-0.15, -0.1) is 0 Å². The van der Waals surface area contributed by atoms with Crippen LogP contribution in [-0.4, -0.2) is 94.8 Å². The molecule has 11 nitrogen and oxygen atoms in total. The average Bonchev–Trinajstić information content (AvgIpc) is 2.74. The predicted octanol–water partition coefficient (Wildman–Crippen LogP) is 0.117. The summed E-state index contributed by atoms with van der Waals surface area (Å²) in [5.41, 5.74) is 0.213. The second kappa shape index (κ2) is 14.3. The average molecular weight is 812 g/mol. The number of nitrogens with zero attached hydrogens (tertiary/aromatic N) is 1. The number of nitrogens with one attached hydrogen (secondary N) is 2. The van der Waals surface area contributed by atoms with E-state index < -0.39 is 43.1 Å². The maximum atomic E-state index is 13.0. The fraction of sp³-hybridized carbons (Fsp3) is 0.471. The molecule has 0 aliphatic carbocycles. The van der Waals surface area contributed by atoms with Gasteiger partial charge >= 0.3 is 0 Å². The lowest BCUT2D eigenvalue weighted by atomic mass is 10.1. The SMILES string of the molecule is COCC(=O)Nc1c(I)c(C(=O)NCC(O)CO)c(I)c(C(=O)N(Cl)CC(O)CO)c1I. The van der Waals surface area contributed by atoms with E-state index in [1.807, 2.05) is 45.2 Å². The van der Waals surface area contributed by atoms with Crippen molar-refractivity contribution in [3.05, 3.63) is 21.8 Å². The van der Waals surface area contributed by atoms with Crippen molar-refractivity contribution in [1.82, 2.24) is 9.74 Å². The molecule has 6 N–H and O–H groups in total. The molecule has 0 fully saturated rings. The molecule has 15 heteroatoms. The smallest absolute Gasteiger partial charge is 0.270 e. The third-order valence-electron chi connectivity index (χ3n) is 3.81. The highest BCUT2D eigenvalue weighted by Gasteiger charge is 2.31. The molecule has 3 amide bonds. The molecule has 1 aromatic rings. The molecular weight excluding hydrogens is 790 g/mol. The Balaban J connectivity index is 3.57. The molecule has 0 heterocycles. The third-order valence-corrected chi connectivity index (χ3v) is 7.34. The number of rotatable bonds is 11. The number of benzene rings is 1. The standard InChI is InChI=1S/C17H21ClI3N3O8/c1-32-6-9(29)23-15-13(20)10(16(30)22-2-7(27)4-25)12(19)11(14(15)21)17(31)24(18)3-8(28)5-26/h7-8,25-28H,2-6H2,1H3,(H,22,30)(H,23,29). The molecule has 0 aromatic heterocycles. The lowest BCUT2D eigenvalue weighted by molar-refractivity contribution is -0.119. The van der Waals surface area contributed by atoms with Crippen molar-refractivity contribution in [2.45, 2.75) is 12.2 Å². The van der Waals surface area contributed by atoms with E-state index >= 15 is 0 Å². The molecule has 0 spiro atoms. The minimum absolute atomic E-state index is 0.00710. The Morgan fingerprint density at radius 2 is 1.59 bits per heavy atom. The zero-order valence-corrected chi connectivity index (χ0v) is 23.8. The van der Waals surface area contributed by atoms with Crippen molar-refractivity contribution in [1.29, 1.82) is 0 Å². The first-order valence-corrected chi connectivity index (χ1v) is 12.4. The van der Waals surface area contributed by atoms with Gasteiger partial charge in [0.15, 0.2) is 0 Å². The maximum Gasteiger partial charge on any atom is 0.270 e. The Kier molecular flexibility index (Phi) is 13.4. The molecule has 0 saturated carbocycles. The Bertz CT molecular complexity index is 861. The minimum Gasteiger partial charge on any atom is -0.394 e. The van der Waals surface area contributed by atoms with Crippen LogP contribution in [0.25, 0.3) is 0 Å². The maximum absolute atomic E-state index is 13.0. The molecule has 0 bridgehead atoms. The van der Waals surface area contributed by atoms with Crippen molar-refractivity contribution in [3.63, 3.8) is 0 Å². The van der Waals surface area contributed by atoms with E-state index in [2.05, 4.69) is 10.6 Å². The zero-order valence-electron chi connectivity index (χ0n) is 16.6. The molecule has 0 saturated heterocycles. The molecule has 1 rings (SSSR count). The first kappa shape index (κ1) is 29.9. The topological polar surface area (TPSA) is 169 Å². The van der Waals surface area contributed by atoms with Crippen LogP contribution >= 0.6 is 79.5 Å². The van der Waals surface area contributed by atoms with E-state index in [9.17, 15) is 24.6 Å². The summed E-state index contributed by atoms with van der Waals surface area (Å²) < 4.78 is 6.31. The Morgan fingerprint density at radius 1 is 1.03 bits per heavy atom. The number of carbonyl (C=O) groups is 3. The van der Waals surface area contributed by atoms with Gasteiger partial charge in [0.2, 0.25) is 5.91 Å². The van der Waals surface area contributed by atoms with Gasteiger partial charge in [-0.1, -0.05) is 0 Å². The number of carbonyl (C=O) groups excluding carboxylic acids is 3. The molecule has 2 unspecified atom stereocenters. The second-order valence-electron chi connectivity index (χ2n) is 6.28. The van der Waals surface area contributed by atoms with Gasteiger partial charge in [-0.3, -0.25) is 14.4 Å². The van der Waals surface area contributed by atoms with E-state index in [0.717, 1.165) is 0 Å². The summed E-state index contributed by atoms with van der Waals surface area (Å²) in [6.07, 6.45) is -2.46. The Hall–Kier alpha value is -0.0900. The van der Waals surface area contributed by atoms with Gasteiger partial charge in [-0.2, -0.15) is 0 Å². The number of halogens is 4. The van der Waals surface area contributed by atoms with Gasteiger partial charge in [0.25, 0.3) is 11.8 Å². The molecule has 1 aromatic carbocycles. The first-order valence-electron chi connectivity index (χ1n) is 8.82. The number of hydrogen-bond donors (Lipinski definition) is 6. The minimum atomic E-state index is -1.28. The van der Waals surface area contributed by atoms with Crippen molar-refractivity contribution in [2.24, 2.45) is 0 Å². The molecule has 0 radical (unpaired) electrons. The fourth-order valence-electron chi connectivity index (χ4n) is 2.28. The fourth-order valence-corrected chi connectivity index (χ4v) is 6.91. The summed E-state index contributed by atoms with van der Waals surface area (Å²) in [7, 11) is 1.33. The van der Waals surface area contributed by atoms with Crippen molar-refractivity contribution >= 4 is 103 Å². The van der Waals surface area contributed by atoms with E-state index in [0.29, 0.717) is 11.6 Å².